The minimum atomic E-state index is -0.771. The van der Waals surface area contributed by atoms with Gasteiger partial charge in [-0.05, 0) is 83.5 Å². The first-order valence-electron chi connectivity index (χ1n) is 34.6. The summed E-state index contributed by atoms with van der Waals surface area (Å²) in [7, 11) is 0. The van der Waals surface area contributed by atoms with Crippen LogP contribution in [0, 0.1) is 0 Å². The summed E-state index contributed by atoms with van der Waals surface area (Å²) in [4.78, 5) is 38.2. The summed E-state index contributed by atoms with van der Waals surface area (Å²) >= 11 is 0. The third kappa shape index (κ3) is 64.2. The molecule has 1 atom stereocenters. The molecule has 0 aliphatic heterocycles. The third-order valence-corrected chi connectivity index (χ3v) is 15.6. The van der Waals surface area contributed by atoms with Gasteiger partial charge in [0.1, 0.15) is 13.2 Å². The highest BCUT2D eigenvalue weighted by molar-refractivity contribution is 5.71. The fourth-order valence-corrected chi connectivity index (χ4v) is 10.3. The zero-order valence-electron chi connectivity index (χ0n) is 52.5. The lowest BCUT2D eigenvalue weighted by Gasteiger charge is -2.18. The van der Waals surface area contributed by atoms with Crippen LogP contribution in [0.4, 0.5) is 0 Å². The van der Waals surface area contributed by atoms with E-state index in [1.165, 1.54) is 263 Å². The van der Waals surface area contributed by atoms with Crippen LogP contribution in [0.15, 0.2) is 48.6 Å². The molecule has 0 N–H and O–H groups in total. The normalized spacial score (nSPS) is 12.3. The van der Waals surface area contributed by atoms with Crippen molar-refractivity contribution in [2.24, 2.45) is 0 Å². The highest BCUT2D eigenvalue weighted by Crippen LogP contribution is 2.18. The Morgan fingerprint density at radius 2 is 0.462 bits per heavy atom. The molecule has 0 rings (SSSR count). The number of unbranched alkanes of at least 4 members (excludes halogenated alkanes) is 45. The highest BCUT2D eigenvalue weighted by atomic mass is 16.6. The fourth-order valence-electron chi connectivity index (χ4n) is 10.3. The summed E-state index contributed by atoms with van der Waals surface area (Å²) in [5.74, 6) is -0.853. The summed E-state index contributed by atoms with van der Waals surface area (Å²) in [6, 6.07) is 0. The maximum atomic E-state index is 12.9. The molecule has 0 aromatic heterocycles. The fraction of sp³-hybridized carbons (Fsp3) is 0.847. The van der Waals surface area contributed by atoms with Gasteiger partial charge in [-0.1, -0.05) is 320 Å². The number of hydrogen-bond donors (Lipinski definition) is 0. The Labute approximate surface area is 486 Å². The Kier molecular flexibility index (Phi) is 64.6. The predicted molar refractivity (Wildman–Crippen MR) is 339 cm³/mol. The monoisotopic (exact) mass is 1090 g/mol. The van der Waals surface area contributed by atoms with Crippen molar-refractivity contribution in [1.29, 1.82) is 0 Å². The molecule has 0 heterocycles. The Balaban J connectivity index is 4.08. The molecule has 6 heteroatoms. The minimum Gasteiger partial charge on any atom is -0.462 e. The molecule has 1 unspecified atom stereocenters. The Bertz CT molecular complexity index is 1350. The van der Waals surface area contributed by atoms with Crippen LogP contribution in [-0.2, 0) is 28.6 Å². The van der Waals surface area contributed by atoms with E-state index in [9.17, 15) is 14.4 Å². The van der Waals surface area contributed by atoms with Gasteiger partial charge in [0, 0.05) is 19.3 Å². The molecule has 0 bridgehead atoms. The van der Waals surface area contributed by atoms with E-state index in [-0.39, 0.29) is 31.1 Å². The van der Waals surface area contributed by atoms with E-state index in [1.807, 2.05) is 0 Å². The van der Waals surface area contributed by atoms with Gasteiger partial charge in [-0.3, -0.25) is 14.4 Å². The highest BCUT2D eigenvalue weighted by Gasteiger charge is 2.19. The molecule has 0 radical (unpaired) electrons. The second-order valence-electron chi connectivity index (χ2n) is 23.4. The molecule has 0 saturated heterocycles. The van der Waals surface area contributed by atoms with E-state index in [0.717, 1.165) is 70.6 Å². The van der Waals surface area contributed by atoms with Crippen LogP contribution in [0.1, 0.15) is 374 Å². The second kappa shape index (κ2) is 66.9. The standard InChI is InChI=1S/C72H132O6/c1-4-7-10-13-16-19-21-23-25-27-29-31-33-34-35-36-37-38-40-41-43-45-47-49-51-53-56-59-62-65-71(74)77-68-69(67-76-70(73)64-61-58-55-18-15-12-9-6-3)78-72(75)66-63-60-57-54-52-50-48-46-44-42-39-32-30-28-26-24-22-20-17-14-11-8-5-2/h21-24,27-30,69H,4-20,25-26,31-68H2,1-3H3/b23-21-,24-22-,29-27-,30-28-. The van der Waals surface area contributed by atoms with Gasteiger partial charge in [0.15, 0.2) is 6.10 Å². The number of carbonyl (C=O) groups excluding carboxylic acids is 3. The molecule has 6 nitrogen and oxygen atoms in total. The van der Waals surface area contributed by atoms with Crippen LogP contribution >= 0.6 is 0 Å². The van der Waals surface area contributed by atoms with Crippen LogP contribution in [0.3, 0.4) is 0 Å². The van der Waals surface area contributed by atoms with Crippen molar-refractivity contribution >= 4 is 17.9 Å². The third-order valence-electron chi connectivity index (χ3n) is 15.6. The lowest BCUT2D eigenvalue weighted by atomic mass is 10.0. The first kappa shape index (κ1) is 75.4. The van der Waals surface area contributed by atoms with Gasteiger partial charge in [-0.2, -0.15) is 0 Å². The number of allylic oxidation sites excluding steroid dienone is 8. The Morgan fingerprint density at radius 3 is 0.705 bits per heavy atom. The van der Waals surface area contributed by atoms with Crippen molar-refractivity contribution in [2.45, 2.75) is 380 Å². The summed E-state index contributed by atoms with van der Waals surface area (Å²) in [5, 5.41) is 0. The molecule has 456 valence electrons. The number of rotatable bonds is 64. The quantitative estimate of drug-likeness (QED) is 0.0261. The number of carbonyl (C=O) groups is 3. The Morgan fingerprint density at radius 1 is 0.256 bits per heavy atom. The van der Waals surface area contributed by atoms with E-state index >= 15 is 0 Å². The van der Waals surface area contributed by atoms with Crippen molar-refractivity contribution in [2.75, 3.05) is 13.2 Å². The summed E-state index contributed by atoms with van der Waals surface area (Å²) in [6.07, 6.45) is 84.4. The minimum absolute atomic E-state index is 0.0693. The molecule has 0 amide bonds. The van der Waals surface area contributed by atoms with Crippen LogP contribution in [-0.4, -0.2) is 37.2 Å². The van der Waals surface area contributed by atoms with E-state index in [0.29, 0.717) is 19.3 Å². The first-order valence-corrected chi connectivity index (χ1v) is 34.6. The summed E-state index contributed by atoms with van der Waals surface area (Å²) in [5.41, 5.74) is 0. The molecule has 0 aliphatic carbocycles. The van der Waals surface area contributed by atoms with Gasteiger partial charge in [-0.25, -0.2) is 0 Å². The topological polar surface area (TPSA) is 78.9 Å². The summed E-state index contributed by atoms with van der Waals surface area (Å²) in [6.45, 7) is 6.64. The van der Waals surface area contributed by atoms with Crippen molar-refractivity contribution in [1.82, 2.24) is 0 Å². The van der Waals surface area contributed by atoms with Gasteiger partial charge < -0.3 is 14.2 Å². The number of hydrogen-bond acceptors (Lipinski definition) is 6. The second-order valence-corrected chi connectivity index (χ2v) is 23.4. The van der Waals surface area contributed by atoms with Gasteiger partial charge in [0.05, 0.1) is 0 Å². The van der Waals surface area contributed by atoms with Crippen LogP contribution < -0.4 is 0 Å². The largest absolute Gasteiger partial charge is 0.462 e. The molecular weight excluding hydrogens is 961 g/mol. The first-order chi connectivity index (χ1) is 38.5. The average Bonchev–Trinajstić information content (AvgIpc) is 3.44. The van der Waals surface area contributed by atoms with Crippen LogP contribution in [0.5, 0.6) is 0 Å². The van der Waals surface area contributed by atoms with E-state index in [2.05, 4.69) is 69.4 Å². The Hall–Kier alpha value is -2.63. The van der Waals surface area contributed by atoms with E-state index < -0.39 is 6.10 Å². The maximum absolute atomic E-state index is 12.9. The maximum Gasteiger partial charge on any atom is 0.306 e. The lowest BCUT2D eigenvalue weighted by molar-refractivity contribution is -0.167. The van der Waals surface area contributed by atoms with Crippen molar-refractivity contribution in [3.8, 4) is 0 Å². The number of ether oxygens (including phenoxy) is 3. The van der Waals surface area contributed by atoms with Crippen LogP contribution in [0.25, 0.3) is 0 Å². The average molecular weight is 1090 g/mol. The molecule has 0 spiro atoms. The van der Waals surface area contributed by atoms with Gasteiger partial charge >= 0.3 is 17.9 Å². The van der Waals surface area contributed by atoms with Gasteiger partial charge in [0.2, 0.25) is 0 Å². The number of esters is 3. The molecule has 0 aromatic rings. The lowest BCUT2D eigenvalue weighted by Crippen LogP contribution is -2.30. The summed E-state index contributed by atoms with van der Waals surface area (Å²) < 4.78 is 16.9. The van der Waals surface area contributed by atoms with E-state index in [1.54, 1.807) is 0 Å². The van der Waals surface area contributed by atoms with Crippen molar-refractivity contribution < 1.29 is 28.6 Å². The van der Waals surface area contributed by atoms with Crippen LogP contribution in [0.2, 0.25) is 0 Å². The molecular formula is C72H132O6. The van der Waals surface area contributed by atoms with Crippen molar-refractivity contribution in [3.05, 3.63) is 48.6 Å². The molecule has 0 fully saturated rings. The molecule has 0 saturated carbocycles. The van der Waals surface area contributed by atoms with E-state index in [4.69, 9.17) is 14.2 Å². The molecule has 0 aliphatic rings. The smallest absolute Gasteiger partial charge is 0.306 e. The van der Waals surface area contributed by atoms with Gasteiger partial charge in [-0.15, -0.1) is 0 Å². The zero-order valence-corrected chi connectivity index (χ0v) is 52.5. The SMILES string of the molecule is CCCCCCC/C=C\C/C=C\CCCCCCCCCCCCCCCCCCCC(=O)OCC(COC(=O)CCCCCCCCCC)OC(=O)CCCCCCCCCCCCC/C=C\C/C=C\CCCCCCC. The predicted octanol–water partition coefficient (Wildman–Crippen LogP) is 23.7. The van der Waals surface area contributed by atoms with Gasteiger partial charge in [0.25, 0.3) is 0 Å². The molecule has 0 aromatic carbocycles. The van der Waals surface area contributed by atoms with Crippen molar-refractivity contribution in [3.63, 3.8) is 0 Å². The zero-order chi connectivity index (χ0) is 56.4. The molecule has 78 heavy (non-hydrogen) atoms.